The maximum Gasteiger partial charge on any atom is 0.239 e. The lowest BCUT2D eigenvalue weighted by Crippen LogP contribution is -2.52. The Morgan fingerprint density at radius 1 is 1.41 bits per heavy atom. The van der Waals surface area contributed by atoms with Gasteiger partial charge in [0.25, 0.3) is 0 Å². The van der Waals surface area contributed by atoms with Crippen LogP contribution in [0.3, 0.4) is 0 Å². The number of carbonyl (C=O) groups excluding carboxylic acids is 1. The molecule has 1 amide bonds. The Labute approximate surface area is 103 Å². The Kier molecular flexibility index (Phi) is 7.29. The topological polar surface area (TPSA) is 91.0 Å². The van der Waals surface area contributed by atoms with Gasteiger partial charge in [0.1, 0.15) is 0 Å². The van der Waals surface area contributed by atoms with E-state index >= 15 is 0 Å². The SMILES string of the molecule is CCC(NC(C)C(=O)N(CC)CC)C(N)=NO. The third-order valence-electron chi connectivity index (χ3n) is 2.78. The molecule has 0 spiro atoms. The van der Waals surface area contributed by atoms with Gasteiger partial charge in [-0.3, -0.25) is 10.1 Å². The molecule has 0 aromatic heterocycles. The average Bonchev–Trinajstić information content (AvgIpc) is 2.35. The van der Waals surface area contributed by atoms with E-state index in [1.165, 1.54) is 0 Å². The number of carbonyl (C=O) groups is 1. The van der Waals surface area contributed by atoms with Crippen molar-refractivity contribution in [3.63, 3.8) is 0 Å². The number of nitrogens with one attached hydrogen (secondary N) is 1. The van der Waals surface area contributed by atoms with E-state index in [4.69, 9.17) is 10.9 Å². The highest BCUT2D eigenvalue weighted by molar-refractivity contribution is 5.87. The first-order valence-corrected chi connectivity index (χ1v) is 6.03. The zero-order valence-electron chi connectivity index (χ0n) is 11.1. The fourth-order valence-corrected chi connectivity index (χ4v) is 1.66. The van der Waals surface area contributed by atoms with Crippen LogP contribution in [0.2, 0.25) is 0 Å². The van der Waals surface area contributed by atoms with Crippen molar-refractivity contribution in [2.45, 2.75) is 46.2 Å². The highest BCUT2D eigenvalue weighted by Gasteiger charge is 2.22. The maximum atomic E-state index is 12.0. The fraction of sp³-hybridized carbons (Fsp3) is 0.818. The summed E-state index contributed by atoms with van der Waals surface area (Å²) in [7, 11) is 0. The summed E-state index contributed by atoms with van der Waals surface area (Å²) in [6, 6.07) is -0.630. The van der Waals surface area contributed by atoms with E-state index in [0.29, 0.717) is 19.5 Å². The first kappa shape index (κ1) is 15.7. The van der Waals surface area contributed by atoms with Crippen LogP contribution in [-0.4, -0.2) is 47.0 Å². The monoisotopic (exact) mass is 244 g/mol. The molecular weight excluding hydrogens is 220 g/mol. The quantitative estimate of drug-likeness (QED) is 0.261. The standard InChI is InChI=1S/C11H24N4O2/c1-5-9(10(12)14-17)13-8(4)11(16)15(6-2)7-3/h8-9,13,17H,5-7H2,1-4H3,(H2,12,14). The molecule has 4 N–H and O–H groups in total. The van der Waals surface area contributed by atoms with Crippen LogP contribution in [0.15, 0.2) is 5.16 Å². The summed E-state index contributed by atoms with van der Waals surface area (Å²) >= 11 is 0. The van der Waals surface area contributed by atoms with Gasteiger partial charge >= 0.3 is 0 Å². The van der Waals surface area contributed by atoms with Crippen molar-refractivity contribution in [2.24, 2.45) is 10.9 Å². The number of hydrogen-bond acceptors (Lipinski definition) is 4. The lowest BCUT2D eigenvalue weighted by molar-refractivity contribution is -0.132. The van der Waals surface area contributed by atoms with Crippen molar-refractivity contribution in [1.82, 2.24) is 10.2 Å². The van der Waals surface area contributed by atoms with E-state index < -0.39 is 0 Å². The molecule has 0 fully saturated rings. The highest BCUT2D eigenvalue weighted by atomic mass is 16.4. The molecular formula is C11H24N4O2. The van der Waals surface area contributed by atoms with Crippen LogP contribution in [0.5, 0.6) is 0 Å². The molecule has 0 heterocycles. The molecule has 0 radical (unpaired) electrons. The molecule has 0 aromatic carbocycles. The molecule has 0 saturated carbocycles. The van der Waals surface area contributed by atoms with Crippen LogP contribution in [-0.2, 0) is 4.79 Å². The lowest BCUT2D eigenvalue weighted by Gasteiger charge is -2.26. The predicted octanol–water partition coefficient (Wildman–Crippen LogP) is 0.358. The highest BCUT2D eigenvalue weighted by Crippen LogP contribution is 1.99. The van der Waals surface area contributed by atoms with Crippen LogP contribution < -0.4 is 11.1 Å². The van der Waals surface area contributed by atoms with Crippen LogP contribution in [0, 0.1) is 0 Å². The van der Waals surface area contributed by atoms with Gasteiger partial charge in [-0.25, -0.2) is 0 Å². The summed E-state index contributed by atoms with van der Waals surface area (Å²) in [4.78, 5) is 13.7. The van der Waals surface area contributed by atoms with Gasteiger partial charge < -0.3 is 15.8 Å². The van der Waals surface area contributed by atoms with Gasteiger partial charge in [0.05, 0.1) is 12.1 Å². The van der Waals surface area contributed by atoms with E-state index in [1.54, 1.807) is 11.8 Å². The molecule has 6 nitrogen and oxygen atoms in total. The van der Waals surface area contributed by atoms with E-state index in [1.807, 2.05) is 20.8 Å². The Bertz CT molecular complexity index is 264. The molecule has 100 valence electrons. The second-order valence-electron chi connectivity index (χ2n) is 3.88. The first-order valence-electron chi connectivity index (χ1n) is 6.03. The molecule has 0 aliphatic rings. The molecule has 0 saturated heterocycles. The first-order chi connectivity index (χ1) is 8.01. The molecule has 0 aliphatic carbocycles. The van der Waals surface area contributed by atoms with Crippen molar-refractivity contribution in [3.8, 4) is 0 Å². The van der Waals surface area contributed by atoms with E-state index in [2.05, 4.69) is 10.5 Å². The van der Waals surface area contributed by atoms with Crippen LogP contribution in [0.1, 0.15) is 34.1 Å². The minimum atomic E-state index is -0.347. The molecule has 2 unspecified atom stereocenters. The second kappa shape index (κ2) is 7.89. The number of amides is 1. The summed E-state index contributed by atoms with van der Waals surface area (Å²) in [6.07, 6.45) is 0.658. The maximum absolute atomic E-state index is 12.0. The largest absolute Gasteiger partial charge is 0.409 e. The summed E-state index contributed by atoms with van der Waals surface area (Å²) in [6.45, 7) is 8.94. The molecule has 17 heavy (non-hydrogen) atoms. The number of nitrogens with two attached hydrogens (primary N) is 1. The van der Waals surface area contributed by atoms with Crippen molar-refractivity contribution in [3.05, 3.63) is 0 Å². The van der Waals surface area contributed by atoms with E-state index in [9.17, 15) is 4.79 Å². The summed E-state index contributed by atoms with van der Waals surface area (Å²) < 4.78 is 0. The second-order valence-corrected chi connectivity index (χ2v) is 3.88. The lowest BCUT2D eigenvalue weighted by atomic mass is 10.1. The molecule has 0 aromatic rings. The minimum absolute atomic E-state index is 0.0270. The summed E-state index contributed by atoms with van der Waals surface area (Å²) in [5.74, 6) is 0.130. The van der Waals surface area contributed by atoms with Gasteiger partial charge in [-0.2, -0.15) is 0 Å². The number of nitrogens with zero attached hydrogens (tertiary/aromatic N) is 2. The molecule has 0 bridgehead atoms. The zero-order valence-corrected chi connectivity index (χ0v) is 11.1. The number of oxime groups is 1. The molecule has 0 rings (SSSR count). The Balaban J connectivity index is 4.50. The minimum Gasteiger partial charge on any atom is -0.409 e. The van der Waals surface area contributed by atoms with Crippen molar-refractivity contribution in [1.29, 1.82) is 0 Å². The van der Waals surface area contributed by atoms with Gasteiger partial charge in [0, 0.05) is 13.1 Å². The number of amidine groups is 1. The van der Waals surface area contributed by atoms with Gasteiger partial charge in [0.15, 0.2) is 5.84 Å². The zero-order chi connectivity index (χ0) is 13.4. The van der Waals surface area contributed by atoms with Crippen LogP contribution in [0.4, 0.5) is 0 Å². The summed E-state index contributed by atoms with van der Waals surface area (Å²) in [5, 5.41) is 14.6. The third-order valence-corrected chi connectivity index (χ3v) is 2.78. The number of likely N-dealkylation sites (N-methyl/N-ethyl adjacent to an activating group) is 1. The van der Waals surface area contributed by atoms with Crippen molar-refractivity contribution in [2.75, 3.05) is 13.1 Å². The predicted molar refractivity (Wildman–Crippen MR) is 68.0 cm³/mol. The fourth-order valence-electron chi connectivity index (χ4n) is 1.66. The van der Waals surface area contributed by atoms with Gasteiger partial charge in [-0.1, -0.05) is 12.1 Å². The van der Waals surface area contributed by atoms with Gasteiger partial charge in [-0.15, -0.1) is 0 Å². The average molecular weight is 244 g/mol. The Morgan fingerprint density at radius 3 is 2.29 bits per heavy atom. The molecule has 6 heteroatoms. The van der Waals surface area contributed by atoms with E-state index in [0.717, 1.165) is 0 Å². The number of hydrogen-bond donors (Lipinski definition) is 3. The Hall–Kier alpha value is -1.30. The normalized spacial score (nSPS) is 15.4. The van der Waals surface area contributed by atoms with Gasteiger partial charge in [-0.05, 0) is 27.2 Å². The smallest absolute Gasteiger partial charge is 0.239 e. The van der Waals surface area contributed by atoms with E-state index in [-0.39, 0.29) is 23.8 Å². The van der Waals surface area contributed by atoms with Crippen molar-refractivity contribution < 1.29 is 10.0 Å². The number of rotatable bonds is 7. The third kappa shape index (κ3) is 4.60. The van der Waals surface area contributed by atoms with Crippen LogP contribution in [0.25, 0.3) is 0 Å². The molecule has 0 aliphatic heterocycles. The van der Waals surface area contributed by atoms with Crippen molar-refractivity contribution >= 4 is 11.7 Å². The summed E-state index contributed by atoms with van der Waals surface area (Å²) in [5.41, 5.74) is 5.53. The molecule has 2 atom stereocenters. The van der Waals surface area contributed by atoms with Gasteiger partial charge in [0.2, 0.25) is 5.91 Å². The Morgan fingerprint density at radius 2 is 1.94 bits per heavy atom. The van der Waals surface area contributed by atoms with Crippen LogP contribution >= 0.6 is 0 Å².